The van der Waals surface area contributed by atoms with Crippen molar-refractivity contribution in [2.24, 2.45) is 5.73 Å². The van der Waals surface area contributed by atoms with Crippen LogP contribution in [0.1, 0.15) is 70.4 Å². The Hall–Kier alpha value is -2.53. The van der Waals surface area contributed by atoms with Gasteiger partial charge >= 0.3 is 0 Å². The van der Waals surface area contributed by atoms with Crippen molar-refractivity contribution in [2.45, 2.75) is 71.8 Å². The minimum absolute atomic E-state index is 0.0289. The zero-order chi connectivity index (χ0) is 22.5. The predicted octanol–water partition coefficient (Wildman–Crippen LogP) is 4.98. The first-order chi connectivity index (χ1) is 15.6. The van der Waals surface area contributed by atoms with E-state index < -0.39 is 0 Å². The predicted molar refractivity (Wildman–Crippen MR) is 130 cm³/mol. The third kappa shape index (κ3) is 4.78. The molecule has 4 heteroatoms. The monoisotopic (exact) mass is 429 g/mol. The largest absolute Gasteiger partial charge is 0.392 e. The lowest BCUT2D eigenvalue weighted by molar-refractivity contribution is 0.154. The van der Waals surface area contributed by atoms with Crippen LogP contribution in [0.4, 0.5) is 0 Å². The van der Waals surface area contributed by atoms with Gasteiger partial charge in [-0.2, -0.15) is 0 Å². The minimum atomic E-state index is 0.0289. The molecule has 4 rings (SSSR count). The molecule has 0 saturated carbocycles. The summed E-state index contributed by atoms with van der Waals surface area (Å²) < 4.78 is 0. The highest BCUT2D eigenvalue weighted by molar-refractivity contribution is 5.36. The molecule has 168 valence electrons. The Morgan fingerprint density at radius 2 is 1.94 bits per heavy atom. The molecular formula is C28H35N3O. The van der Waals surface area contributed by atoms with Gasteiger partial charge in [-0.1, -0.05) is 49.4 Å². The first-order valence-corrected chi connectivity index (χ1v) is 11.8. The number of nitrogens with two attached hydrogens (primary N) is 1. The molecule has 0 fully saturated rings. The second kappa shape index (κ2) is 10.4. The van der Waals surface area contributed by atoms with Gasteiger partial charge in [-0.15, -0.1) is 0 Å². The SMILES string of the molecule is CCc1cccc(C)c1CN(Cc1ccc(CN)cc1CO)[C@H]1CCCc2cccnc21. The molecule has 3 aromatic rings. The summed E-state index contributed by atoms with van der Waals surface area (Å²) in [7, 11) is 0. The lowest BCUT2D eigenvalue weighted by Gasteiger charge is -2.36. The zero-order valence-electron chi connectivity index (χ0n) is 19.3. The molecule has 2 aromatic carbocycles. The number of aliphatic hydroxyl groups is 1. The Kier molecular flexibility index (Phi) is 7.36. The number of pyridine rings is 1. The van der Waals surface area contributed by atoms with E-state index in [2.05, 4.69) is 61.2 Å². The molecule has 1 heterocycles. The van der Waals surface area contributed by atoms with Gasteiger partial charge in [0.25, 0.3) is 0 Å². The minimum Gasteiger partial charge on any atom is -0.392 e. The van der Waals surface area contributed by atoms with Gasteiger partial charge in [0.1, 0.15) is 0 Å². The van der Waals surface area contributed by atoms with Crippen LogP contribution in [-0.2, 0) is 39.1 Å². The van der Waals surface area contributed by atoms with E-state index in [4.69, 9.17) is 10.7 Å². The first-order valence-electron chi connectivity index (χ1n) is 11.8. The second-order valence-corrected chi connectivity index (χ2v) is 8.89. The lowest BCUT2D eigenvalue weighted by Crippen LogP contribution is -2.32. The van der Waals surface area contributed by atoms with Crippen molar-refractivity contribution in [1.82, 2.24) is 9.88 Å². The number of aliphatic hydroxyl groups excluding tert-OH is 1. The summed E-state index contributed by atoms with van der Waals surface area (Å²) in [5.41, 5.74) is 15.8. The molecule has 1 aliphatic carbocycles. The van der Waals surface area contributed by atoms with E-state index >= 15 is 0 Å². The third-order valence-corrected chi connectivity index (χ3v) is 6.91. The van der Waals surface area contributed by atoms with Crippen molar-refractivity contribution in [1.29, 1.82) is 0 Å². The quantitative estimate of drug-likeness (QED) is 0.530. The molecule has 32 heavy (non-hydrogen) atoms. The number of hydrogen-bond donors (Lipinski definition) is 2. The van der Waals surface area contributed by atoms with Gasteiger partial charge in [0.2, 0.25) is 0 Å². The molecule has 0 bridgehead atoms. The number of aromatic nitrogens is 1. The van der Waals surface area contributed by atoms with Crippen LogP contribution in [0.2, 0.25) is 0 Å². The molecule has 0 amide bonds. The van der Waals surface area contributed by atoms with Crippen LogP contribution < -0.4 is 5.73 Å². The fraction of sp³-hybridized carbons (Fsp3) is 0.393. The maximum Gasteiger partial charge on any atom is 0.0685 e. The van der Waals surface area contributed by atoms with E-state index in [0.29, 0.717) is 6.54 Å². The molecule has 3 N–H and O–H groups in total. The maximum atomic E-state index is 10.1. The highest BCUT2D eigenvalue weighted by Gasteiger charge is 2.28. The summed E-state index contributed by atoms with van der Waals surface area (Å²) in [5, 5.41) is 10.1. The van der Waals surface area contributed by atoms with E-state index in [1.807, 2.05) is 12.3 Å². The Balaban J connectivity index is 1.75. The van der Waals surface area contributed by atoms with E-state index in [0.717, 1.165) is 43.5 Å². The zero-order valence-corrected chi connectivity index (χ0v) is 19.3. The van der Waals surface area contributed by atoms with Crippen molar-refractivity contribution in [3.8, 4) is 0 Å². The van der Waals surface area contributed by atoms with Crippen LogP contribution in [-0.4, -0.2) is 15.0 Å². The summed E-state index contributed by atoms with van der Waals surface area (Å²) in [5.74, 6) is 0. The van der Waals surface area contributed by atoms with Crippen molar-refractivity contribution in [3.05, 3.63) is 99.4 Å². The van der Waals surface area contributed by atoms with Gasteiger partial charge in [-0.05, 0) is 77.6 Å². The van der Waals surface area contributed by atoms with Crippen molar-refractivity contribution in [2.75, 3.05) is 0 Å². The van der Waals surface area contributed by atoms with Gasteiger partial charge in [0, 0.05) is 25.8 Å². The topological polar surface area (TPSA) is 62.4 Å². The fourth-order valence-corrected chi connectivity index (χ4v) is 5.07. The molecule has 0 saturated heterocycles. The number of nitrogens with zero attached hydrogens (tertiary/aromatic N) is 2. The average molecular weight is 430 g/mol. The van der Waals surface area contributed by atoms with Crippen LogP contribution in [0.5, 0.6) is 0 Å². The molecule has 0 unspecified atom stereocenters. The summed E-state index contributed by atoms with van der Waals surface area (Å²) >= 11 is 0. The summed E-state index contributed by atoms with van der Waals surface area (Å²) in [6.45, 7) is 6.62. The van der Waals surface area contributed by atoms with Gasteiger partial charge in [0.15, 0.2) is 0 Å². The average Bonchev–Trinajstić information content (AvgIpc) is 2.84. The highest BCUT2D eigenvalue weighted by atomic mass is 16.3. The molecule has 0 aliphatic heterocycles. The number of rotatable bonds is 8. The van der Waals surface area contributed by atoms with Gasteiger partial charge in [-0.25, -0.2) is 0 Å². The van der Waals surface area contributed by atoms with E-state index in [1.165, 1.54) is 39.9 Å². The third-order valence-electron chi connectivity index (χ3n) is 6.91. The number of fused-ring (bicyclic) bond motifs is 1. The standard InChI is InChI=1S/C28H35N3O/c1-3-22-8-4-7-20(2)26(22)18-31(17-24-13-12-21(16-29)15-25(24)19-32)27-11-5-9-23-10-6-14-30-28(23)27/h4,6-8,10,12-15,27,32H,3,5,9,11,16-19,29H2,1-2H3/t27-/m0/s1. The number of aryl methyl sites for hydroxylation is 3. The molecule has 0 spiro atoms. The van der Waals surface area contributed by atoms with E-state index in [1.54, 1.807) is 0 Å². The van der Waals surface area contributed by atoms with E-state index in [-0.39, 0.29) is 12.6 Å². The van der Waals surface area contributed by atoms with Gasteiger partial charge < -0.3 is 10.8 Å². The van der Waals surface area contributed by atoms with Crippen LogP contribution >= 0.6 is 0 Å². The summed E-state index contributed by atoms with van der Waals surface area (Å²) in [6.07, 6.45) is 6.33. The highest BCUT2D eigenvalue weighted by Crippen LogP contribution is 2.36. The van der Waals surface area contributed by atoms with Gasteiger partial charge in [0.05, 0.1) is 18.3 Å². The molecule has 1 aliphatic rings. The number of benzene rings is 2. The number of hydrogen-bond acceptors (Lipinski definition) is 4. The Morgan fingerprint density at radius 1 is 1.06 bits per heavy atom. The smallest absolute Gasteiger partial charge is 0.0685 e. The first kappa shape index (κ1) is 22.7. The molecule has 1 atom stereocenters. The molecule has 0 radical (unpaired) electrons. The van der Waals surface area contributed by atoms with Gasteiger partial charge in [-0.3, -0.25) is 9.88 Å². The lowest BCUT2D eigenvalue weighted by atomic mass is 9.89. The molecule has 1 aromatic heterocycles. The normalized spacial score (nSPS) is 15.7. The maximum absolute atomic E-state index is 10.1. The van der Waals surface area contributed by atoms with Crippen molar-refractivity contribution >= 4 is 0 Å². The Morgan fingerprint density at radius 3 is 2.72 bits per heavy atom. The van der Waals surface area contributed by atoms with Crippen molar-refractivity contribution in [3.63, 3.8) is 0 Å². The Labute approximate surface area is 192 Å². The molecular weight excluding hydrogens is 394 g/mol. The van der Waals surface area contributed by atoms with Crippen LogP contribution in [0.3, 0.4) is 0 Å². The van der Waals surface area contributed by atoms with Crippen LogP contribution in [0.25, 0.3) is 0 Å². The molecule has 4 nitrogen and oxygen atoms in total. The van der Waals surface area contributed by atoms with Crippen molar-refractivity contribution < 1.29 is 5.11 Å². The fourth-order valence-electron chi connectivity index (χ4n) is 5.07. The second-order valence-electron chi connectivity index (χ2n) is 8.89. The summed E-state index contributed by atoms with van der Waals surface area (Å²) in [4.78, 5) is 7.40. The summed E-state index contributed by atoms with van der Waals surface area (Å²) in [6, 6.07) is 17.5. The van der Waals surface area contributed by atoms with E-state index in [9.17, 15) is 5.11 Å². The van der Waals surface area contributed by atoms with Crippen LogP contribution in [0.15, 0.2) is 54.7 Å². The van der Waals surface area contributed by atoms with Crippen LogP contribution in [0, 0.1) is 6.92 Å². The Bertz CT molecular complexity index is 1060.